The molecule has 10 heteroatoms. The van der Waals surface area contributed by atoms with E-state index in [1.54, 1.807) is 49.4 Å². The second-order valence-electron chi connectivity index (χ2n) is 5.74. The molecule has 9 nitrogen and oxygen atoms in total. The van der Waals surface area contributed by atoms with Gasteiger partial charge in [0, 0.05) is 28.9 Å². The van der Waals surface area contributed by atoms with Crippen molar-refractivity contribution in [2.24, 2.45) is 0 Å². The molecule has 0 unspecified atom stereocenters. The van der Waals surface area contributed by atoms with Crippen LogP contribution in [0.4, 0.5) is 16.5 Å². The zero-order chi connectivity index (χ0) is 20.8. The topological polar surface area (TPSA) is 127 Å². The number of non-ortho nitro benzene ring substituents is 1. The molecule has 1 heterocycles. The Bertz CT molecular complexity index is 1090. The summed E-state index contributed by atoms with van der Waals surface area (Å²) < 4.78 is 0. The molecule has 0 bridgehead atoms. The summed E-state index contributed by atoms with van der Waals surface area (Å²) in [6.45, 7) is 1.73. The second-order valence-corrected chi connectivity index (χ2v) is 6.72. The van der Waals surface area contributed by atoms with Crippen LogP contribution in [0.2, 0.25) is 0 Å². The molecular weight excluding hydrogens is 394 g/mol. The average Bonchev–Trinajstić information content (AvgIpc) is 3.17. The highest BCUT2D eigenvalue weighted by atomic mass is 32.1. The van der Waals surface area contributed by atoms with Gasteiger partial charge in [0.15, 0.2) is 0 Å². The third-order valence-corrected chi connectivity index (χ3v) is 4.57. The van der Waals surface area contributed by atoms with Gasteiger partial charge in [-0.3, -0.25) is 25.0 Å². The maximum atomic E-state index is 12.5. The maximum absolute atomic E-state index is 12.5. The standard InChI is InChI=1S/C19H15N5O4S/c1-2-4-16(25)20-14-6-3-5-13(11-14)17(26)21-19-23-22-18(29-19)12-7-9-15(10-8-12)24(27)28/h2-11H,1H3,(H,20,25)(H,21,23,26)/b4-2+. The molecule has 146 valence electrons. The van der Waals surface area contributed by atoms with Crippen molar-refractivity contribution < 1.29 is 14.5 Å². The first kappa shape index (κ1) is 19.8. The molecule has 3 aromatic rings. The van der Waals surface area contributed by atoms with Gasteiger partial charge in [-0.15, -0.1) is 10.2 Å². The maximum Gasteiger partial charge on any atom is 0.269 e. The van der Waals surface area contributed by atoms with E-state index in [0.29, 0.717) is 21.8 Å². The van der Waals surface area contributed by atoms with Gasteiger partial charge in [0.1, 0.15) is 5.01 Å². The van der Waals surface area contributed by atoms with Crippen molar-refractivity contribution in [2.75, 3.05) is 10.6 Å². The molecule has 0 spiro atoms. The number of benzene rings is 2. The molecule has 3 rings (SSSR count). The van der Waals surface area contributed by atoms with Gasteiger partial charge in [0.25, 0.3) is 11.6 Å². The zero-order valence-electron chi connectivity index (χ0n) is 15.2. The number of allylic oxidation sites excluding steroid dienone is 1. The highest BCUT2D eigenvalue weighted by Crippen LogP contribution is 2.28. The van der Waals surface area contributed by atoms with Crippen LogP contribution in [0.15, 0.2) is 60.7 Å². The molecule has 2 amide bonds. The Balaban J connectivity index is 1.70. The van der Waals surface area contributed by atoms with E-state index in [9.17, 15) is 19.7 Å². The molecule has 29 heavy (non-hydrogen) atoms. The third-order valence-electron chi connectivity index (χ3n) is 3.68. The number of hydrogen-bond donors (Lipinski definition) is 2. The van der Waals surface area contributed by atoms with Crippen LogP contribution < -0.4 is 10.6 Å². The van der Waals surface area contributed by atoms with Crippen LogP contribution in [-0.4, -0.2) is 26.9 Å². The molecule has 1 aromatic heterocycles. The molecule has 0 radical (unpaired) electrons. The molecule has 0 fully saturated rings. The zero-order valence-corrected chi connectivity index (χ0v) is 16.0. The van der Waals surface area contributed by atoms with E-state index >= 15 is 0 Å². The van der Waals surface area contributed by atoms with Crippen molar-refractivity contribution in [1.29, 1.82) is 0 Å². The summed E-state index contributed by atoms with van der Waals surface area (Å²) in [5, 5.41) is 24.8. The Morgan fingerprint density at radius 3 is 2.55 bits per heavy atom. The normalized spacial score (nSPS) is 10.7. The molecule has 0 aliphatic carbocycles. The summed E-state index contributed by atoms with van der Waals surface area (Å²) in [5.74, 6) is -0.694. The summed E-state index contributed by atoms with van der Waals surface area (Å²) in [6, 6.07) is 12.4. The van der Waals surface area contributed by atoms with Gasteiger partial charge in [-0.1, -0.05) is 23.5 Å². The van der Waals surface area contributed by atoms with E-state index in [0.717, 1.165) is 11.3 Å². The van der Waals surface area contributed by atoms with Crippen molar-refractivity contribution in [3.63, 3.8) is 0 Å². The number of nitrogens with one attached hydrogen (secondary N) is 2. The predicted octanol–water partition coefficient (Wildman–Crippen LogP) is 3.88. The minimum atomic E-state index is -0.482. The number of carbonyl (C=O) groups excluding carboxylic acids is 2. The number of nitro benzene ring substituents is 1. The number of rotatable bonds is 6. The van der Waals surface area contributed by atoms with Crippen LogP contribution in [-0.2, 0) is 4.79 Å². The molecule has 2 aromatic carbocycles. The Morgan fingerprint density at radius 2 is 1.86 bits per heavy atom. The van der Waals surface area contributed by atoms with Crippen LogP contribution in [0.25, 0.3) is 10.6 Å². The van der Waals surface area contributed by atoms with Gasteiger partial charge >= 0.3 is 0 Å². The lowest BCUT2D eigenvalue weighted by Gasteiger charge is -2.05. The van der Waals surface area contributed by atoms with Crippen LogP contribution in [0.3, 0.4) is 0 Å². The van der Waals surface area contributed by atoms with Crippen molar-refractivity contribution in [3.05, 3.63) is 76.4 Å². The second kappa shape index (κ2) is 8.85. The monoisotopic (exact) mass is 409 g/mol. The first-order chi connectivity index (χ1) is 14.0. The predicted molar refractivity (Wildman–Crippen MR) is 110 cm³/mol. The summed E-state index contributed by atoms with van der Waals surface area (Å²) in [6.07, 6.45) is 3.00. The van der Waals surface area contributed by atoms with Gasteiger partial charge in [-0.2, -0.15) is 0 Å². The van der Waals surface area contributed by atoms with E-state index in [2.05, 4.69) is 20.8 Å². The lowest BCUT2D eigenvalue weighted by atomic mass is 10.2. The average molecular weight is 409 g/mol. The van der Waals surface area contributed by atoms with Gasteiger partial charge in [0.2, 0.25) is 11.0 Å². The van der Waals surface area contributed by atoms with Crippen molar-refractivity contribution >= 4 is 39.7 Å². The smallest absolute Gasteiger partial charge is 0.269 e. The first-order valence-corrected chi connectivity index (χ1v) is 9.21. The molecule has 2 N–H and O–H groups in total. The van der Waals surface area contributed by atoms with Gasteiger partial charge in [-0.05, 0) is 43.3 Å². The Kier molecular flexibility index (Phi) is 6.05. The molecule has 0 saturated heterocycles. The highest BCUT2D eigenvalue weighted by molar-refractivity contribution is 7.18. The van der Waals surface area contributed by atoms with E-state index < -0.39 is 10.8 Å². The summed E-state index contributed by atoms with van der Waals surface area (Å²) >= 11 is 1.14. The van der Waals surface area contributed by atoms with Crippen molar-refractivity contribution in [1.82, 2.24) is 10.2 Å². The number of nitrogens with zero attached hydrogens (tertiary/aromatic N) is 3. The molecule has 0 aliphatic heterocycles. The van der Waals surface area contributed by atoms with Gasteiger partial charge in [-0.25, -0.2) is 0 Å². The van der Waals surface area contributed by atoms with Crippen molar-refractivity contribution in [3.8, 4) is 10.6 Å². The lowest BCUT2D eigenvalue weighted by Crippen LogP contribution is -2.13. The third kappa shape index (κ3) is 5.08. The highest BCUT2D eigenvalue weighted by Gasteiger charge is 2.13. The summed E-state index contributed by atoms with van der Waals surface area (Å²) in [7, 11) is 0. The lowest BCUT2D eigenvalue weighted by molar-refractivity contribution is -0.384. The molecular formula is C19H15N5O4S. The van der Waals surface area contributed by atoms with Gasteiger partial charge in [0.05, 0.1) is 4.92 Å². The van der Waals surface area contributed by atoms with E-state index in [1.807, 2.05) is 0 Å². The fourth-order valence-corrected chi connectivity index (χ4v) is 3.10. The number of aromatic nitrogens is 2. The molecule has 0 saturated carbocycles. The van der Waals surface area contributed by atoms with Crippen LogP contribution in [0.1, 0.15) is 17.3 Å². The number of hydrogen-bond acceptors (Lipinski definition) is 7. The number of amides is 2. The fraction of sp³-hybridized carbons (Fsp3) is 0.0526. The Hall–Kier alpha value is -3.92. The van der Waals surface area contributed by atoms with Crippen molar-refractivity contribution in [2.45, 2.75) is 6.92 Å². The van der Waals surface area contributed by atoms with Crippen LogP contribution in [0.5, 0.6) is 0 Å². The number of anilines is 2. The first-order valence-electron chi connectivity index (χ1n) is 8.39. The van der Waals surface area contributed by atoms with Crippen LogP contribution >= 0.6 is 11.3 Å². The van der Waals surface area contributed by atoms with E-state index in [4.69, 9.17) is 0 Å². The van der Waals surface area contributed by atoms with E-state index in [-0.39, 0.29) is 16.7 Å². The Morgan fingerprint density at radius 1 is 1.10 bits per heavy atom. The quantitative estimate of drug-likeness (QED) is 0.361. The molecule has 0 aliphatic rings. The fourth-order valence-electron chi connectivity index (χ4n) is 2.36. The SMILES string of the molecule is C/C=C/C(=O)Nc1cccc(C(=O)Nc2nnc(-c3ccc([N+](=O)[O-])cc3)s2)c1. The Labute approximate surface area is 169 Å². The van der Waals surface area contributed by atoms with E-state index in [1.165, 1.54) is 18.2 Å². The van der Waals surface area contributed by atoms with Crippen LogP contribution in [0, 0.1) is 10.1 Å². The number of nitro groups is 1. The summed E-state index contributed by atoms with van der Waals surface area (Å²) in [4.78, 5) is 34.3. The number of carbonyl (C=O) groups is 2. The summed E-state index contributed by atoms with van der Waals surface area (Å²) in [5.41, 5.74) is 1.47. The molecule has 0 atom stereocenters. The minimum absolute atomic E-state index is 0.0202. The minimum Gasteiger partial charge on any atom is -0.322 e. The largest absolute Gasteiger partial charge is 0.322 e. The van der Waals surface area contributed by atoms with Gasteiger partial charge < -0.3 is 5.32 Å².